The first-order chi connectivity index (χ1) is 30.4. The second kappa shape index (κ2) is 38.1. The number of hydrogen-bond donors (Lipinski definition) is 6. The zero-order valence-electron chi connectivity index (χ0n) is 37.8. The predicted octanol–water partition coefficient (Wildman–Crippen LogP) is 9.05. The highest BCUT2D eigenvalue weighted by molar-refractivity contribution is 7.47. The highest BCUT2D eigenvalue weighted by atomic mass is 31.2. The molecule has 0 spiro atoms. The topological polar surface area (TPSA) is 210 Å². The molecule has 0 bridgehead atoms. The molecule has 1 aliphatic rings. The number of allylic oxidation sites excluding steroid dienone is 16. The SMILES string of the molecule is CC/C=C\C/C=C\C/C=C\C/C=C\C/C=C\C/C=C\CCC(=O)OC[C@H](COP(=O)(O)OC1C(O)C(O)C(O)[C@@H](O)C1O)OC(=O)CCCCCCC/C=C\C/C=C\CCCCC. The number of esters is 2. The van der Waals surface area contributed by atoms with Gasteiger partial charge in [0, 0.05) is 12.8 Å². The minimum atomic E-state index is -5.15. The van der Waals surface area contributed by atoms with E-state index in [-0.39, 0.29) is 12.8 Å². The van der Waals surface area contributed by atoms with Crippen molar-refractivity contribution in [3.8, 4) is 0 Å². The van der Waals surface area contributed by atoms with Gasteiger partial charge in [-0.1, -0.05) is 143 Å². The Balaban J connectivity index is 2.53. The molecule has 0 aromatic carbocycles. The van der Waals surface area contributed by atoms with E-state index < -0.39 is 75.7 Å². The fraction of sp³-hybridized carbons (Fsp3) is 0.633. The Hall–Kier alpha value is -3.23. The molecule has 1 aliphatic carbocycles. The van der Waals surface area contributed by atoms with Gasteiger partial charge in [0.1, 0.15) is 43.2 Å². The van der Waals surface area contributed by atoms with E-state index in [1.54, 1.807) is 0 Å². The number of aliphatic hydroxyl groups excluding tert-OH is 5. The Morgan fingerprint density at radius 1 is 0.508 bits per heavy atom. The molecule has 1 saturated carbocycles. The highest BCUT2D eigenvalue weighted by Crippen LogP contribution is 2.47. The van der Waals surface area contributed by atoms with E-state index >= 15 is 0 Å². The van der Waals surface area contributed by atoms with Crippen molar-refractivity contribution in [1.29, 1.82) is 0 Å². The van der Waals surface area contributed by atoms with E-state index in [1.807, 2.05) is 18.2 Å². The molecule has 1 rings (SSSR count). The van der Waals surface area contributed by atoms with E-state index in [9.17, 15) is 44.6 Å². The zero-order valence-corrected chi connectivity index (χ0v) is 38.7. The first-order valence-electron chi connectivity index (χ1n) is 23.0. The van der Waals surface area contributed by atoms with Crippen molar-refractivity contribution in [1.82, 2.24) is 0 Å². The molecule has 63 heavy (non-hydrogen) atoms. The average molecular weight is 907 g/mol. The monoisotopic (exact) mass is 907 g/mol. The summed E-state index contributed by atoms with van der Waals surface area (Å²) in [5, 5.41) is 50.1. The van der Waals surface area contributed by atoms with Gasteiger partial charge in [0.05, 0.1) is 6.61 Å². The molecule has 0 aromatic rings. The van der Waals surface area contributed by atoms with E-state index in [2.05, 4.69) is 92.8 Å². The summed E-state index contributed by atoms with van der Waals surface area (Å²) in [6, 6.07) is 0. The summed E-state index contributed by atoms with van der Waals surface area (Å²) < 4.78 is 33.4. The molecule has 6 unspecified atom stereocenters. The van der Waals surface area contributed by atoms with Crippen LogP contribution in [0.2, 0.25) is 0 Å². The van der Waals surface area contributed by atoms with Crippen molar-refractivity contribution in [3.63, 3.8) is 0 Å². The zero-order chi connectivity index (χ0) is 46.4. The van der Waals surface area contributed by atoms with Crippen LogP contribution in [0.25, 0.3) is 0 Å². The number of rotatable bonds is 36. The maximum atomic E-state index is 12.8. The normalized spacial score (nSPS) is 22.6. The minimum absolute atomic E-state index is 0.0330. The lowest BCUT2D eigenvalue weighted by Gasteiger charge is -2.41. The summed E-state index contributed by atoms with van der Waals surface area (Å²) >= 11 is 0. The summed E-state index contributed by atoms with van der Waals surface area (Å²) in [6.45, 7) is 3.06. The van der Waals surface area contributed by atoms with Gasteiger partial charge in [-0.15, -0.1) is 0 Å². The Labute approximate surface area is 377 Å². The number of unbranched alkanes of at least 4 members (excludes halogenated alkanes) is 8. The van der Waals surface area contributed by atoms with Gasteiger partial charge in [0.25, 0.3) is 0 Å². The average Bonchev–Trinajstić information content (AvgIpc) is 3.26. The highest BCUT2D eigenvalue weighted by Gasteiger charge is 2.51. The Kier molecular flexibility index (Phi) is 34.9. The molecule has 13 nitrogen and oxygen atoms in total. The molecule has 1 fully saturated rings. The molecule has 8 atom stereocenters. The van der Waals surface area contributed by atoms with Gasteiger partial charge in [-0.3, -0.25) is 18.6 Å². The van der Waals surface area contributed by atoms with Crippen LogP contribution in [-0.4, -0.2) is 98.3 Å². The fourth-order valence-corrected chi connectivity index (χ4v) is 7.20. The summed E-state index contributed by atoms with van der Waals surface area (Å²) in [5.41, 5.74) is 0. The Morgan fingerprint density at radius 2 is 0.937 bits per heavy atom. The van der Waals surface area contributed by atoms with E-state index in [4.69, 9.17) is 18.5 Å². The van der Waals surface area contributed by atoms with E-state index in [0.717, 1.165) is 77.0 Å². The number of phosphoric ester groups is 1. The number of carbonyl (C=O) groups is 2. The van der Waals surface area contributed by atoms with Crippen molar-refractivity contribution >= 4 is 19.8 Å². The summed E-state index contributed by atoms with van der Waals surface area (Å²) in [6.07, 6.45) is 37.6. The second-order valence-electron chi connectivity index (χ2n) is 15.5. The van der Waals surface area contributed by atoms with Crippen molar-refractivity contribution in [2.75, 3.05) is 13.2 Å². The molecule has 0 aromatic heterocycles. The Morgan fingerprint density at radius 3 is 1.44 bits per heavy atom. The fourth-order valence-electron chi connectivity index (χ4n) is 6.22. The van der Waals surface area contributed by atoms with Crippen LogP contribution in [0, 0.1) is 0 Å². The first-order valence-corrected chi connectivity index (χ1v) is 24.5. The summed E-state index contributed by atoms with van der Waals surface area (Å²) in [4.78, 5) is 35.7. The molecule has 6 N–H and O–H groups in total. The van der Waals surface area contributed by atoms with Crippen LogP contribution in [0.15, 0.2) is 97.2 Å². The number of hydrogen-bond acceptors (Lipinski definition) is 12. The molecule has 0 aliphatic heterocycles. The smallest absolute Gasteiger partial charge is 0.462 e. The van der Waals surface area contributed by atoms with Crippen molar-refractivity contribution < 1.29 is 63.1 Å². The molecule has 358 valence electrons. The quantitative estimate of drug-likeness (QED) is 0.0150. The maximum absolute atomic E-state index is 12.8. The number of phosphoric acid groups is 1. The molecular weight excluding hydrogens is 827 g/mol. The molecule has 0 heterocycles. The van der Waals surface area contributed by atoms with Crippen LogP contribution in [0.5, 0.6) is 0 Å². The summed E-state index contributed by atoms with van der Waals surface area (Å²) in [5.74, 6) is -1.22. The van der Waals surface area contributed by atoms with Gasteiger partial charge in [-0.25, -0.2) is 4.57 Å². The van der Waals surface area contributed by atoms with E-state index in [1.165, 1.54) is 19.3 Å². The van der Waals surface area contributed by atoms with Crippen LogP contribution in [0.4, 0.5) is 0 Å². The lowest BCUT2D eigenvalue weighted by molar-refractivity contribution is -0.220. The van der Waals surface area contributed by atoms with Crippen molar-refractivity contribution in [3.05, 3.63) is 97.2 Å². The van der Waals surface area contributed by atoms with Crippen LogP contribution < -0.4 is 0 Å². The van der Waals surface area contributed by atoms with Crippen molar-refractivity contribution in [2.45, 2.75) is 185 Å². The van der Waals surface area contributed by atoms with Crippen molar-refractivity contribution in [2.24, 2.45) is 0 Å². The second-order valence-corrected chi connectivity index (χ2v) is 16.9. The van der Waals surface area contributed by atoms with Gasteiger partial charge in [0.15, 0.2) is 6.10 Å². The molecule has 0 radical (unpaired) electrons. The lowest BCUT2D eigenvalue weighted by Crippen LogP contribution is -2.64. The minimum Gasteiger partial charge on any atom is -0.462 e. The van der Waals surface area contributed by atoms with E-state index in [0.29, 0.717) is 19.3 Å². The van der Waals surface area contributed by atoms with Gasteiger partial charge in [-0.2, -0.15) is 0 Å². The molecule has 0 amide bonds. The first kappa shape index (κ1) is 57.8. The van der Waals surface area contributed by atoms with Gasteiger partial charge >= 0.3 is 19.8 Å². The molecule has 14 heteroatoms. The third-order valence-corrected chi connectivity index (χ3v) is 10.9. The lowest BCUT2D eigenvalue weighted by atomic mass is 9.85. The van der Waals surface area contributed by atoms with Crippen LogP contribution in [0.3, 0.4) is 0 Å². The Bertz CT molecular complexity index is 1470. The van der Waals surface area contributed by atoms with Gasteiger partial charge < -0.3 is 39.9 Å². The number of aliphatic hydroxyl groups is 5. The van der Waals surface area contributed by atoms with Gasteiger partial charge in [0.2, 0.25) is 0 Å². The standard InChI is InChI=1S/C49H79O13P/c1-3-5-7-9-11-13-15-17-19-20-21-22-24-25-27-29-31-33-35-37-42(50)59-39-41(40-60-63(57,58)62-49-47(55)45(53)44(52)46(54)48(49)56)61-43(51)38-36-34-32-30-28-26-23-18-16-14-12-10-8-6-4-2/h5,7,11-14,17-19,21-23,25,27,31,33,41,44-49,52-56H,3-4,6,8-10,15-16,20,24,26,28-30,32,34-40H2,1-2H3,(H,57,58)/b7-5-,13-11-,14-12-,19-17-,22-21-,23-18-,27-25-,33-31-/t41-,44?,45-,46?,47?,48?,49?/m1/s1. The molecular formula is C49H79O13P. The predicted molar refractivity (Wildman–Crippen MR) is 248 cm³/mol. The molecule has 0 saturated heterocycles. The van der Waals surface area contributed by atoms with Crippen LogP contribution in [0.1, 0.15) is 142 Å². The number of ether oxygens (including phenoxy) is 2. The number of carbonyl (C=O) groups excluding carboxylic acids is 2. The third kappa shape index (κ3) is 30.5. The maximum Gasteiger partial charge on any atom is 0.472 e. The summed E-state index contributed by atoms with van der Waals surface area (Å²) in [7, 11) is -5.15. The van der Waals surface area contributed by atoms with Gasteiger partial charge in [-0.05, 0) is 83.5 Å². The van der Waals surface area contributed by atoms with Crippen LogP contribution >= 0.6 is 7.82 Å². The third-order valence-electron chi connectivity index (χ3n) is 9.92. The largest absolute Gasteiger partial charge is 0.472 e. The van der Waals surface area contributed by atoms with Crippen LogP contribution in [-0.2, 0) is 32.7 Å².